The van der Waals surface area contributed by atoms with Crippen molar-refractivity contribution in [1.29, 1.82) is 0 Å². The Morgan fingerprint density at radius 1 is 1.26 bits per heavy atom. The molecule has 0 aliphatic heterocycles. The molecule has 1 aromatic carbocycles. The molecule has 0 saturated heterocycles. The van der Waals surface area contributed by atoms with E-state index in [1.165, 1.54) is 25.3 Å². The van der Waals surface area contributed by atoms with Crippen LogP contribution in [0.5, 0.6) is 0 Å². The minimum Gasteiger partial charge on any atom is -0.465 e. The van der Waals surface area contributed by atoms with Gasteiger partial charge in [-0.25, -0.2) is 18.6 Å². The third-order valence-electron chi connectivity index (χ3n) is 2.35. The van der Waals surface area contributed by atoms with E-state index in [2.05, 4.69) is 15.0 Å². The second kappa shape index (κ2) is 5.43. The number of carbonyl (C=O) groups is 1. The summed E-state index contributed by atoms with van der Waals surface area (Å²) in [5, 5.41) is 2.74. The highest BCUT2D eigenvalue weighted by Gasteiger charge is 2.14. The van der Waals surface area contributed by atoms with E-state index in [4.69, 9.17) is 0 Å². The van der Waals surface area contributed by atoms with E-state index in [-0.39, 0.29) is 11.4 Å². The summed E-state index contributed by atoms with van der Waals surface area (Å²) in [6, 6.07) is 6.60. The van der Waals surface area contributed by atoms with Crippen LogP contribution in [0.3, 0.4) is 0 Å². The number of methoxy groups -OCH3 is 1. The molecule has 0 aliphatic rings. The Kier molecular flexibility index (Phi) is 3.70. The number of esters is 1. The second-order valence-corrected chi connectivity index (χ2v) is 3.68. The lowest BCUT2D eigenvalue weighted by Gasteiger charge is -2.09. The molecule has 0 spiro atoms. The first-order chi connectivity index (χ1) is 9.10. The monoisotopic (exact) mass is 264 g/mol. The van der Waals surface area contributed by atoms with Crippen molar-refractivity contribution in [3.8, 4) is 0 Å². The van der Waals surface area contributed by atoms with Crippen molar-refractivity contribution in [3.63, 3.8) is 0 Å². The Bertz CT molecular complexity index is 617. The van der Waals surface area contributed by atoms with Gasteiger partial charge in [-0.1, -0.05) is 6.07 Å². The number of nitrogens with zero attached hydrogens (tertiary/aromatic N) is 1. The van der Waals surface area contributed by atoms with Crippen molar-refractivity contribution in [2.24, 2.45) is 0 Å². The molecular weight excluding hydrogens is 254 g/mol. The highest BCUT2D eigenvalue weighted by atomic mass is 19.1. The minimum absolute atomic E-state index is 0.0632. The zero-order valence-electron chi connectivity index (χ0n) is 9.98. The predicted octanol–water partition coefficient (Wildman–Crippen LogP) is 2.89. The Balaban J connectivity index is 2.37. The third kappa shape index (κ3) is 3.04. The van der Waals surface area contributed by atoms with E-state index in [1.807, 2.05) is 0 Å². The summed E-state index contributed by atoms with van der Waals surface area (Å²) in [5.41, 5.74) is 0.330. The van der Waals surface area contributed by atoms with Gasteiger partial charge in [-0.3, -0.25) is 0 Å². The summed E-state index contributed by atoms with van der Waals surface area (Å²) in [5.74, 6) is -1.73. The lowest BCUT2D eigenvalue weighted by atomic mass is 10.2. The molecule has 2 aromatic rings. The summed E-state index contributed by atoms with van der Waals surface area (Å²) in [4.78, 5) is 15.3. The van der Waals surface area contributed by atoms with Gasteiger partial charge in [0, 0.05) is 5.69 Å². The maximum Gasteiger partial charge on any atom is 0.341 e. The highest BCUT2D eigenvalue weighted by Crippen LogP contribution is 2.20. The van der Waals surface area contributed by atoms with Gasteiger partial charge in [-0.15, -0.1) is 0 Å². The maximum atomic E-state index is 13.1. The Morgan fingerprint density at radius 3 is 2.74 bits per heavy atom. The van der Waals surface area contributed by atoms with Crippen LogP contribution in [0.15, 0.2) is 36.5 Å². The first-order valence-electron chi connectivity index (χ1n) is 5.36. The molecule has 0 fully saturated rings. The number of anilines is 2. The SMILES string of the molecule is COC(=O)c1cc(F)cnc1Nc1cccc(F)c1. The van der Waals surface area contributed by atoms with E-state index in [0.717, 1.165) is 12.3 Å². The fourth-order valence-electron chi connectivity index (χ4n) is 1.51. The molecule has 0 unspecified atom stereocenters. The largest absolute Gasteiger partial charge is 0.465 e. The van der Waals surface area contributed by atoms with Crippen LogP contribution in [0.4, 0.5) is 20.3 Å². The van der Waals surface area contributed by atoms with Crippen LogP contribution in [0.2, 0.25) is 0 Å². The number of aromatic nitrogens is 1. The molecule has 1 heterocycles. The van der Waals surface area contributed by atoms with Crippen LogP contribution in [0.1, 0.15) is 10.4 Å². The zero-order chi connectivity index (χ0) is 13.8. The molecule has 0 radical (unpaired) electrons. The number of benzene rings is 1. The van der Waals surface area contributed by atoms with E-state index in [0.29, 0.717) is 5.69 Å². The van der Waals surface area contributed by atoms with Gasteiger partial charge in [0.15, 0.2) is 0 Å². The summed E-state index contributed by atoms with van der Waals surface area (Å²) in [6.45, 7) is 0. The topological polar surface area (TPSA) is 51.2 Å². The number of halogens is 2. The predicted molar refractivity (Wildman–Crippen MR) is 65.2 cm³/mol. The highest BCUT2D eigenvalue weighted by molar-refractivity contribution is 5.95. The standard InChI is InChI=1S/C13H10F2N2O2/c1-19-13(18)11-6-9(15)7-16-12(11)17-10-4-2-3-8(14)5-10/h2-7H,1H3,(H,16,17). The van der Waals surface area contributed by atoms with Gasteiger partial charge >= 0.3 is 5.97 Å². The smallest absolute Gasteiger partial charge is 0.341 e. The zero-order valence-corrected chi connectivity index (χ0v) is 9.98. The number of hydrogen-bond acceptors (Lipinski definition) is 4. The lowest BCUT2D eigenvalue weighted by molar-refractivity contribution is 0.0601. The van der Waals surface area contributed by atoms with E-state index in [1.54, 1.807) is 6.07 Å². The fourth-order valence-corrected chi connectivity index (χ4v) is 1.51. The molecule has 0 aliphatic carbocycles. The minimum atomic E-state index is -0.731. The summed E-state index contributed by atoms with van der Waals surface area (Å²) < 4.78 is 30.7. The molecule has 1 N–H and O–H groups in total. The average molecular weight is 264 g/mol. The number of ether oxygens (including phenoxy) is 1. The Morgan fingerprint density at radius 2 is 2.05 bits per heavy atom. The van der Waals surface area contributed by atoms with Crippen LogP contribution in [0, 0.1) is 11.6 Å². The first kappa shape index (κ1) is 12.9. The van der Waals surface area contributed by atoms with Crippen molar-refractivity contribution in [1.82, 2.24) is 4.98 Å². The molecule has 2 rings (SSSR count). The van der Waals surface area contributed by atoms with Gasteiger partial charge in [0.1, 0.15) is 23.0 Å². The van der Waals surface area contributed by atoms with Crippen LogP contribution in [-0.4, -0.2) is 18.1 Å². The number of nitrogens with one attached hydrogen (secondary N) is 1. The van der Waals surface area contributed by atoms with Crippen LogP contribution in [-0.2, 0) is 4.74 Å². The molecule has 4 nitrogen and oxygen atoms in total. The van der Waals surface area contributed by atoms with Gasteiger partial charge in [0.2, 0.25) is 0 Å². The van der Waals surface area contributed by atoms with Crippen LogP contribution >= 0.6 is 0 Å². The molecular formula is C13H10F2N2O2. The van der Waals surface area contributed by atoms with Crippen molar-refractivity contribution in [2.45, 2.75) is 0 Å². The van der Waals surface area contributed by atoms with Gasteiger partial charge in [0.05, 0.1) is 13.3 Å². The third-order valence-corrected chi connectivity index (χ3v) is 2.35. The molecule has 0 atom stereocenters. The molecule has 0 bridgehead atoms. The normalized spacial score (nSPS) is 10.1. The van der Waals surface area contributed by atoms with Gasteiger partial charge in [-0.05, 0) is 24.3 Å². The average Bonchev–Trinajstić information content (AvgIpc) is 2.40. The second-order valence-electron chi connectivity index (χ2n) is 3.68. The quantitative estimate of drug-likeness (QED) is 0.866. The summed E-state index contributed by atoms with van der Waals surface area (Å²) in [7, 11) is 1.18. The molecule has 1 aromatic heterocycles. The number of pyridine rings is 1. The van der Waals surface area contributed by atoms with Gasteiger partial charge in [0.25, 0.3) is 0 Å². The summed E-state index contributed by atoms with van der Waals surface area (Å²) >= 11 is 0. The molecule has 19 heavy (non-hydrogen) atoms. The van der Waals surface area contributed by atoms with E-state index >= 15 is 0 Å². The summed E-state index contributed by atoms with van der Waals surface area (Å²) in [6.07, 6.45) is 0.952. The van der Waals surface area contributed by atoms with E-state index in [9.17, 15) is 13.6 Å². The number of hydrogen-bond donors (Lipinski definition) is 1. The molecule has 6 heteroatoms. The molecule has 98 valence electrons. The molecule has 0 saturated carbocycles. The van der Waals surface area contributed by atoms with Crippen molar-refractivity contribution in [3.05, 3.63) is 53.7 Å². The van der Waals surface area contributed by atoms with Crippen molar-refractivity contribution in [2.75, 3.05) is 12.4 Å². The Labute approximate surface area is 108 Å². The molecule has 0 amide bonds. The number of carbonyl (C=O) groups excluding carboxylic acids is 1. The lowest BCUT2D eigenvalue weighted by Crippen LogP contribution is -2.08. The van der Waals surface area contributed by atoms with Crippen LogP contribution < -0.4 is 5.32 Å². The van der Waals surface area contributed by atoms with Crippen LogP contribution in [0.25, 0.3) is 0 Å². The Hall–Kier alpha value is -2.50. The van der Waals surface area contributed by atoms with E-state index < -0.39 is 17.6 Å². The van der Waals surface area contributed by atoms with Crippen molar-refractivity contribution >= 4 is 17.5 Å². The van der Waals surface area contributed by atoms with Gasteiger partial charge in [-0.2, -0.15) is 0 Å². The number of rotatable bonds is 3. The van der Waals surface area contributed by atoms with Crippen molar-refractivity contribution < 1.29 is 18.3 Å². The maximum absolute atomic E-state index is 13.1. The first-order valence-corrected chi connectivity index (χ1v) is 5.36. The fraction of sp³-hybridized carbons (Fsp3) is 0.0769. The van der Waals surface area contributed by atoms with Gasteiger partial charge < -0.3 is 10.1 Å².